The Balaban J connectivity index is 1.64. The molecule has 0 saturated heterocycles. The van der Waals surface area contributed by atoms with Crippen LogP contribution in [0.15, 0.2) is 24.3 Å². The third-order valence-electron chi connectivity index (χ3n) is 6.32. The van der Waals surface area contributed by atoms with Gasteiger partial charge in [0.25, 0.3) is 0 Å². The molecule has 0 heterocycles. The second kappa shape index (κ2) is 9.98. The van der Waals surface area contributed by atoms with Crippen molar-refractivity contribution in [2.45, 2.75) is 64.4 Å². The number of benzene rings is 1. The van der Waals surface area contributed by atoms with Crippen molar-refractivity contribution in [3.05, 3.63) is 29.8 Å². The maximum atomic E-state index is 10.7. The van der Waals surface area contributed by atoms with E-state index in [9.17, 15) is 9.90 Å². The lowest BCUT2D eigenvalue weighted by molar-refractivity contribution is -0.139. The Labute approximate surface area is 168 Å². The number of carbonyl (C=O) groups is 1. The molecular weight excluding hydrogens is 352 g/mol. The van der Waals surface area contributed by atoms with Crippen molar-refractivity contribution in [2.24, 2.45) is 23.7 Å². The molecule has 5 atom stereocenters. The fourth-order valence-corrected chi connectivity index (χ4v) is 4.96. The summed E-state index contributed by atoms with van der Waals surface area (Å²) >= 11 is 0. The maximum absolute atomic E-state index is 10.7. The highest BCUT2D eigenvalue weighted by Gasteiger charge is 2.46. The van der Waals surface area contributed by atoms with E-state index in [1.807, 2.05) is 12.1 Å². The third kappa shape index (κ3) is 5.52. The number of ether oxygens (including phenoxy) is 1. The molecule has 0 aromatic heterocycles. The predicted molar refractivity (Wildman–Crippen MR) is 109 cm³/mol. The Hall–Kier alpha value is -1.99. The first kappa shape index (κ1) is 20.7. The number of unbranched alkanes of at least 4 members (excludes halogenated alkanes) is 2. The number of aliphatic hydroxyl groups is 1. The Morgan fingerprint density at radius 2 is 2.11 bits per heavy atom. The highest BCUT2D eigenvalue weighted by atomic mass is 16.5. The zero-order valence-electron chi connectivity index (χ0n) is 16.8. The lowest BCUT2D eigenvalue weighted by Crippen LogP contribution is -2.23. The van der Waals surface area contributed by atoms with Crippen LogP contribution in [0.1, 0.15) is 57.4 Å². The van der Waals surface area contributed by atoms with E-state index in [0.717, 1.165) is 32.1 Å². The van der Waals surface area contributed by atoms with Gasteiger partial charge in [-0.25, -0.2) is 4.79 Å². The second-order valence-electron chi connectivity index (χ2n) is 8.36. The van der Waals surface area contributed by atoms with Crippen LogP contribution in [-0.2, 0) is 11.2 Å². The van der Waals surface area contributed by atoms with Crippen LogP contribution in [0.4, 0.5) is 0 Å². The topological polar surface area (TPSA) is 66.8 Å². The van der Waals surface area contributed by atoms with Gasteiger partial charge in [-0.15, -0.1) is 0 Å². The van der Waals surface area contributed by atoms with Crippen LogP contribution in [0.25, 0.3) is 0 Å². The number of carboxylic acid groups (broad SMARTS) is 1. The summed E-state index contributed by atoms with van der Waals surface area (Å²) in [5.74, 6) is 8.50. The van der Waals surface area contributed by atoms with E-state index in [1.54, 1.807) is 6.07 Å². The van der Waals surface area contributed by atoms with Crippen molar-refractivity contribution < 1.29 is 19.7 Å². The van der Waals surface area contributed by atoms with Crippen molar-refractivity contribution in [1.82, 2.24) is 0 Å². The zero-order valence-corrected chi connectivity index (χ0v) is 16.8. The van der Waals surface area contributed by atoms with Crippen LogP contribution in [0.2, 0.25) is 0 Å². The maximum Gasteiger partial charge on any atom is 0.341 e. The largest absolute Gasteiger partial charge is 0.482 e. The Morgan fingerprint density at radius 1 is 1.29 bits per heavy atom. The highest BCUT2D eigenvalue weighted by molar-refractivity contribution is 5.68. The van der Waals surface area contributed by atoms with E-state index in [0.29, 0.717) is 29.4 Å². The normalized spacial score (nSPS) is 26.5. The molecule has 4 nitrogen and oxygen atoms in total. The number of rotatable bonds is 9. The molecule has 2 N–H and O–H groups in total. The zero-order chi connectivity index (χ0) is 19.9. The van der Waals surface area contributed by atoms with Gasteiger partial charge < -0.3 is 14.9 Å². The predicted octanol–water partition coefficient (Wildman–Crippen LogP) is 4.30. The summed E-state index contributed by atoms with van der Waals surface area (Å²) in [6.07, 6.45) is 8.35. The molecule has 0 spiro atoms. The van der Waals surface area contributed by atoms with Gasteiger partial charge in [0.15, 0.2) is 6.61 Å². The van der Waals surface area contributed by atoms with Crippen LogP contribution in [-0.4, -0.2) is 28.9 Å². The molecule has 152 valence electrons. The molecule has 0 radical (unpaired) electrons. The highest BCUT2D eigenvalue weighted by Crippen LogP contribution is 2.53. The minimum absolute atomic E-state index is 0.318. The monoisotopic (exact) mass is 384 g/mol. The van der Waals surface area contributed by atoms with Crippen molar-refractivity contribution in [3.8, 4) is 17.6 Å². The number of hydrogen-bond donors (Lipinski definition) is 2. The molecule has 0 aliphatic heterocycles. The van der Waals surface area contributed by atoms with Gasteiger partial charge >= 0.3 is 5.97 Å². The summed E-state index contributed by atoms with van der Waals surface area (Å²) in [4.78, 5) is 10.7. The van der Waals surface area contributed by atoms with Gasteiger partial charge in [-0.1, -0.05) is 43.7 Å². The Bertz CT molecular complexity index is 717. The lowest BCUT2D eigenvalue weighted by Gasteiger charge is -2.28. The van der Waals surface area contributed by atoms with Crippen LogP contribution >= 0.6 is 0 Å². The summed E-state index contributed by atoms with van der Waals surface area (Å²) < 4.78 is 5.33. The standard InChI is InChI=1S/C24H32O4/c1-2-3-4-7-20(25)11-12-22-18-9-10-19(15-18)23(22)14-17-6-5-8-21(13-17)28-16-24(26)27/h5-6,8,13,18-20,22-23,25H,2-4,7,9-10,14-16H2,1H3,(H,26,27)/t18-,19+,20+,22+,23-/m1/s1. The van der Waals surface area contributed by atoms with E-state index in [4.69, 9.17) is 9.84 Å². The molecule has 0 unspecified atom stereocenters. The number of carboxylic acids is 1. The minimum atomic E-state index is -0.966. The van der Waals surface area contributed by atoms with Crippen molar-refractivity contribution in [1.29, 1.82) is 0 Å². The van der Waals surface area contributed by atoms with Crippen LogP contribution < -0.4 is 4.74 Å². The van der Waals surface area contributed by atoms with Crippen LogP contribution in [0.5, 0.6) is 5.75 Å². The van der Waals surface area contributed by atoms with E-state index < -0.39 is 12.1 Å². The molecule has 2 bridgehead atoms. The average Bonchev–Trinajstić information content (AvgIpc) is 3.27. The van der Waals surface area contributed by atoms with Crippen molar-refractivity contribution in [3.63, 3.8) is 0 Å². The fourth-order valence-electron chi connectivity index (χ4n) is 4.96. The number of aliphatic carboxylic acids is 1. The molecule has 3 rings (SSSR count). The summed E-state index contributed by atoms with van der Waals surface area (Å²) in [6.45, 7) is 1.85. The average molecular weight is 385 g/mol. The van der Waals surface area contributed by atoms with Gasteiger partial charge in [0.05, 0.1) is 0 Å². The Morgan fingerprint density at radius 3 is 2.89 bits per heavy atom. The molecule has 2 saturated carbocycles. The van der Waals surface area contributed by atoms with Gasteiger partial charge in [-0.3, -0.25) is 0 Å². The van der Waals surface area contributed by atoms with Gasteiger partial charge in [-0.05, 0) is 74.0 Å². The van der Waals surface area contributed by atoms with E-state index in [1.165, 1.54) is 24.8 Å². The van der Waals surface area contributed by atoms with E-state index >= 15 is 0 Å². The first-order chi connectivity index (χ1) is 13.6. The molecule has 4 heteroatoms. The summed E-state index contributed by atoms with van der Waals surface area (Å²) in [5, 5.41) is 19.0. The third-order valence-corrected chi connectivity index (χ3v) is 6.32. The van der Waals surface area contributed by atoms with Crippen LogP contribution in [0.3, 0.4) is 0 Å². The molecule has 0 amide bonds. The summed E-state index contributed by atoms with van der Waals surface area (Å²) in [6, 6.07) is 7.78. The van der Waals surface area contributed by atoms with Gasteiger partial charge in [0.2, 0.25) is 0 Å². The molecule has 2 aliphatic carbocycles. The first-order valence-corrected chi connectivity index (χ1v) is 10.7. The molecule has 1 aromatic rings. The summed E-state index contributed by atoms with van der Waals surface area (Å²) in [5.41, 5.74) is 1.18. The SMILES string of the molecule is CCCCC[C@H](O)C#C[C@H]1[C@@H]2CC[C@@H](C2)[C@H]1Cc1cccc(OCC(=O)O)c1. The van der Waals surface area contributed by atoms with E-state index in [2.05, 4.69) is 24.8 Å². The smallest absolute Gasteiger partial charge is 0.341 e. The second-order valence-corrected chi connectivity index (χ2v) is 8.36. The van der Waals surface area contributed by atoms with Gasteiger partial charge in [-0.2, -0.15) is 0 Å². The number of aliphatic hydroxyl groups excluding tert-OH is 1. The molecule has 2 fully saturated rings. The van der Waals surface area contributed by atoms with Crippen molar-refractivity contribution >= 4 is 5.97 Å². The molecular formula is C24H32O4. The van der Waals surface area contributed by atoms with Gasteiger partial charge in [0, 0.05) is 5.92 Å². The lowest BCUT2D eigenvalue weighted by atomic mass is 9.76. The number of hydrogen-bond acceptors (Lipinski definition) is 3. The molecule has 28 heavy (non-hydrogen) atoms. The van der Waals surface area contributed by atoms with Crippen molar-refractivity contribution in [2.75, 3.05) is 6.61 Å². The van der Waals surface area contributed by atoms with Gasteiger partial charge in [0.1, 0.15) is 11.9 Å². The quantitative estimate of drug-likeness (QED) is 0.492. The molecule has 1 aromatic carbocycles. The van der Waals surface area contributed by atoms with E-state index in [-0.39, 0.29) is 6.61 Å². The first-order valence-electron chi connectivity index (χ1n) is 10.7. The van der Waals surface area contributed by atoms with Crippen LogP contribution in [0, 0.1) is 35.5 Å². The fraction of sp³-hybridized carbons (Fsp3) is 0.625. The molecule has 2 aliphatic rings. The minimum Gasteiger partial charge on any atom is -0.482 e. The summed E-state index contributed by atoms with van der Waals surface area (Å²) in [7, 11) is 0. The Kier molecular flexibility index (Phi) is 7.39. The number of fused-ring (bicyclic) bond motifs is 2.